The number of sulfonamides is 1. The van der Waals surface area contributed by atoms with Crippen LogP contribution in [0.4, 0.5) is 5.69 Å². The van der Waals surface area contributed by atoms with Crippen LogP contribution in [0.25, 0.3) is 0 Å². The fraction of sp³-hybridized carbons (Fsp3) is 0.533. The van der Waals surface area contributed by atoms with E-state index in [1.807, 2.05) is 12.1 Å². The molecule has 0 aromatic heterocycles. The van der Waals surface area contributed by atoms with E-state index in [2.05, 4.69) is 4.90 Å². The van der Waals surface area contributed by atoms with E-state index in [1.54, 1.807) is 19.1 Å². The topological polar surface area (TPSA) is 57.7 Å². The van der Waals surface area contributed by atoms with Crippen molar-refractivity contribution in [3.8, 4) is 0 Å². The molecule has 0 amide bonds. The van der Waals surface area contributed by atoms with Gasteiger partial charge < -0.3 is 4.90 Å². The molecular weight excluding hydrogens is 288 g/mol. The first-order valence-corrected chi connectivity index (χ1v) is 8.55. The third-order valence-electron chi connectivity index (χ3n) is 4.03. The summed E-state index contributed by atoms with van der Waals surface area (Å²) in [4.78, 5) is 13.8. The lowest BCUT2D eigenvalue weighted by atomic mass is 9.93. The summed E-state index contributed by atoms with van der Waals surface area (Å²) < 4.78 is 26.1. The highest BCUT2D eigenvalue weighted by atomic mass is 32.2. The summed E-state index contributed by atoms with van der Waals surface area (Å²) in [7, 11) is -0.390. The maximum atomic E-state index is 12.4. The van der Waals surface area contributed by atoms with Gasteiger partial charge in [0.1, 0.15) is 10.7 Å². The highest BCUT2D eigenvalue weighted by Crippen LogP contribution is 2.30. The van der Waals surface area contributed by atoms with E-state index in [1.165, 1.54) is 18.4 Å². The minimum Gasteiger partial charge on any atom is -0.370 e. The molecule has 6 heteroatoms. The lowest BCUT2D eigenvalue weighted by molar-refractivity contribution is -0.121. The molecule has 116 valence electrons. The van der Waals surface area contributed by atoms with Gasteiger partial charge in [0.2, 0.25) is 10.0 Å². The van der Waals surface area contributed by atoms with Gasteiger partial charge in [-0.1, -0.05) is 12.1 Å². The Morgan fingerprint density at radius 2 is 1.76 bits per heavy atom. The zero-order valence-electron chi connectivity index (χ0n) is 12.7. The molecule has 0 saturated carbocycles. The van der Waals surface area contributed by atoms with E-state index in [0.717, 1.165) is 18.5 Å². The molecule has 0 aliphatic carbocycles. The second-order valence-corrected chi connectivity index (χ2v) is 7.75. The van der Waals surface area contributed by atoms with Crippen molar-refractivity contribution in [3.05, 3.63) is 24.3 Å². The number of piperidine rings is 1. The van der Waals surface area contributed by atoms with Gasteiger partial charge in [-0.2, -0.15) is 0 Å². The van der Waals surface area contributed by atoms with Gasteiger partial charge in [-0.3, -0.25) is 4.79 Å². The van der Waals surface area contributed by atoms with Crippen LogP contribution < -0.4 is 4.90 Å². The molecule has 1 saturated heterocycles. The molecular formula is C15H22N2O3S. The van der Waals surface area contributed by atoms with Crippen LogP contribution in [-0.4, -0.2) is 45.7 Å². The number of Topliss-reactive ketones (excluding diaryl/α,β-unsaturated/α-hetero) is 1. The Hall–Kier alpha value is -1.40. The highest BCUT2D eigenvalue weighted by molar-refractivity contribution is 7.89. The lowest BCUT2D eigenvalue weighted by Crippen LogP contribution is -2.37. The molecule has 0 radical (unpaired) electrons. The van der Waals surface area contributed by atoms with Crippen molar-refractivity contribution in [2.45, 2.75) is 24.7 Å². The first-order chi connectivity index (χ1) is 9.84. The van der Waals surface area contributed by atoms with Crippen LogP contribution in [0.1, 0.15) is 19.8 Å². The molecule has 1 aromatic carbocycles. The van der Waals surface area contributed by atoms with Gasteiger partial charge in [0.25, 0.3) is 0 Å². The number of carbonyl (C=O) groups excluding carboxylic acids is 1. The van der Waals surface area contributed by atoms with Gasteiger partial charge in [0.05, 0.1) is 5.69 Å². The maximum absolute atomic E-state index is 12.4. The zero-order chi connectivity index (χ0) is 15.6. The maximum Gasteiger partial charge on any atom is 0.244 e. The Morgan fingerprint density at radius 1 is 1.19 bits per heavy atom. The fourth-order valence-corrected chi connectivity index (χ4v) is 3.77. The van der Waals surface area contributed by atoms with Crippen molar-refractivity contribution in [1.82, 2.24) is 4.31 Å². The predicted octanol–water partition coefficient (Wildman–Crippen LogP) is 1.74. The molecule has 1 aliphatic heterocycles. The monoisotopic (exact) mass is 310 g/mol. The van der Waals surface area contributed by atoms with E-state index in [4.69, 9.17) is 0 Å². The summed E-state index contributed by atoms with van der Waals surface area (Å²) in [5.74, 6) is 0.336. The minimum atomic E-state index is -3.46. The van der Waals surface area contributed by atoms with Crippen LogP contribution >= 0.6 is 0 Å². The summed E-state index contributed by atoms with van der Waals surface area (Å²) in [5.41, 5.74) is 0.730. The molecule has 2 rings (SSSR count). The predicted molar refractivity (Wildman–Crippen MR) is 82.9 cm³/mol. The number of rotatable bonds is 4. The molecule has 0 atom stereocenters. The highest BCUT2D eigenvalue weighted by Gasteiger charge is 2.27. The van der Waals surface area contributed by atoms with E-state index < -0.39 is 10.0 Å². The summed E-state index contributed by atoms with van der Waals surface area (Å²) >= 11 is 0. The second-order valence-electron chi connectivity index (χ2n) is 5.63. The molecule has 1 fully saturated rings. The van der Waals surface area contributed by atoms with Crippen molar-refractivity contribution in [3.63, 3.8) is 0 Å². The minimum absolute atomic E-state index is 0.110. The van der Waals surface area contributed by atoms with Gasteiger partial charge in [0, 0.05) is 33.1 Å². The zero-order valence-corrected chi connectivity index (χ0v) is 13.6. The first kappa shape index (κ1) is 16.0. The number of hydrogen-bond donors (Lipinski definition) is 0. The van der Waals surface area contributed by atoms with Gasteiger partial charge in [-0.05, 0) is 31.9 Å². The van der Waals surface area contributed by atoms with Crippen molar-refractivity contribution < 1.29 is 13.2 Å². The van der Waals surface area contributed by atoms with E-state index in [0.29, 0.717) is 18.0 Å². The molecule has 0 spiro atoms. The first-order valence-electron chi connectivity index (χ1n) is 7.11. The number of hydrogen-bond acceptors (Lipinski definition) is 4. The second kappa shape index (κ2) is 6.15. The van der Waals surface area contributed by atoms with Gasteiger partial charge >= 0.3 is 0 Å². The smallest absolute Gasteiger partial charge is 0.244 e. The molecule has 0 unspecified atom stereocenters. The molecule has 0 bridgehead atoms. The Morgan fingerprint density at radius 3 is 2.29 bits per heavy atom. The number of benzene rings is 1. The van der Waals surface area contributed by atoms with E-state index in [9.17, 15) is 13.2 Å². The van der Waals surface area contributed by atoms with Crippen LogP contribution in [0.5, 0.6) is 0 Å². The number of carbonyl (C=O) groups is 1. The number of ketones is 1. The fourth-order valence-electron chi connectivity index (χ4n) is 2.66. The normalized spacial score (nSPS) is 17.2. The Labute approximate surface area is 126 Å². The van der Waals surface area contributed by atoms with Gasteiger partial charge in [-0.25, -0.2) is 12.7 Å². The largest absolute Gasteiger partial charge is 0.370 e. The standard InChI is InChI=1S/C15H22N2O3S/c1-12(18)13-8-10-17(11-9-13)14-6-4-5-7-15(14)21(19,20)16(2)3/h4-7,13H,8-11H2,1-3H3. The van der Waals surface area contributed by atoms with Crippen LogP contribution in [0.3, 0.4) is 0 Å². The Bertz CT molecular complexity index is 618. The summed E-state index contributed by atoms with van der Waals surface area (Å²) in [6, 6.07) is 7.06. The molecule has 1 aromatic rings. The van der Waals surface area contributed by atoms with Crippen LogP contribution in [0.2, 0.25) is 0 Å². The van der Waals surface area contributed by atoms with Crippen molar-refractivity contribution >= 4 is 21.5 Å². The van der Waals surface area contributed by atoms with Crippen molar-refractivity contribution in [2.75, 3.05) is 32.1 Å². The SMILES string of the molecule is CC(=O)C1CCN(c2ccccc2S(=O)(=O)N(C)C)CC1. The average Bonchev–Trinajstić information content (AvgIpc) is 2.47. The quantitative estimate of drug-likeness (QED) is 0.850. The average molecular weight is 310 g/mol. The molecule has 1 aliphatic rings. The number of nitrogens with zero attached hydrogens (tertiary/aromatic N) is 2. The van der Waals surface area contributed by atoms with E-state index in [-0.39, 0.29) is 11.7 Å². The van der Waals surface area contributed by atoms with Crippen LogP contribution in [0, 0.1) is 5.92 Å². The van der Waals surface area contributed by atoms with Crippen LogP contribution in [-0.2, 0) is 14.8 Å². The Balaban J connectivity index is 2.29. The van der Waals surface area contributed by atoms with Gasteiger partial charge in [0.15, 0.2) is 0 Å². The number of anilines is 1. The molecule has 21 heavy (non-hydrogen) atoms. The molecule has 0 N–H and O–H groups in total. The summed E-state index contributed by atoms with van der Waals surface area (Å²) in [6.07, 6.45) is 1.57. The molecule has 1 heterocycles. The van der Waals surface area contributed by atoms with Crippen molar-refractivity contribution in [2.24, 2.45) is 5.92 Å². The van der Waals surface area contributed by atoms with E-state index >= 15 is 0 Å². The Kier molecular flexibility index (Phi) is 4.68. The van der Waals surface area contributed by atoms with Gasteiger partial charge in [-0.15, -0.1) is 0 Å². The summed E-state index contributed by atoms with van der Waals surface area (Å²) in [5, 5.41) is 0. The number of para-hydroxylation sites is 1. The van der Waals surface area contributed by atoms with Crippen LogP contribution in [0.15, 0.2) is 29.2 Å². The molecule has 5 nitrogen and oxygen atoms in total. The summed E-state index contributed by atoms with van der Waals surface area (Å²) in [6.45, 7) is 3.05. The lowest BCUT2D eigenvalue weighted by Gasteiger charge is -2.34. The third-order valence-corrected chi connectivity index (χ3v) is 5.90. The third kappa shape index (κ3) is 3.27. The van der Waals surface area contributed by atoms with Crippen molar-refractivity contribution in [1.29, 1.82) is 0 Å².